The molecule has 0 aromatic carbocycles. The van der Waals surface area contributed by atoms with Crippen molar-refractivity contribution in [1.29, 1.82) is 0 Å². The van der Waals surface area contributed by atoms with E-state index in [0.29, 0.717) is 17.1 Å². The fraction of sp³-hybridized carbons (Fsp3) is 0.571. The summed E-state index contributed by atoms with van der Waals surface area (Å²) in [4.78, 5) is 12.6. The van der Waals surface area contributed by atoms with Crippen LogP contribution in [0.3, 0.4) is 0 Å². The van der Waals surface area contributed by atoms with Crippen LogP contribution in [0.4, 0.5) is 0 Å². The van der Waals surface area contributed by atoms with Gasteiger partial charge >= 0.3 is 18.0 Å². The third kappa shape index (κ3) is 7.76. The predicted molar refractivity (Wildman–Crippen MR) is 128 cm³/mol. The molecule has 0 unspecified atom stereocenters. The first kappa shape index (κ1) is 26.6. The van der Waals surface area contributed by atoms with Crippen molar-refractivity contribution in [3.8, 4) is 18.0 Å². The molecular formula is C21H34N12O3. The molecule has 3 heterocycles. The molecule has 0 saturated carbocycles. The fourth-order valence-electron chi connectivity index (χ4n) is 2.58. The molecule has 0 saturated heterocycles. The molecule has 0 amide bonds. The van der Waals surface area contributed by atoms with Crippen LogP contribution in [-0.2, 0) is 13.2 Å². The molecule has 0 atom stereocenters. The van der Waals surface area contributed by atoms with E-state index >= 15 is 0 Å². The number of rotatable bonds is 13. The molecule has 0 aliphatic rings. The van der Waals surface area contributed by atoms with Gasteiger partial charge in [0.1, 0.15) is 31.2 Å². The Kier molecular flexibility index (Phi) is 8.94. The van der Waals surface area contributed by atoms with Crippen LogP contribution >= 0.6 is 0 Å². The van der Waals surface area contributed by atoms with Gasteiger partial charge in [-0.3, -0.25) is 0 Å². The second-order valence-corrected chi connectivity index (χ2v) is 8.86. The Morgan fingerprint density at radius 1 is 0.833 bits per heavy atom. The highest BCUT2D eigenvalue weighted by Gasteiger charge is 2.14. The zero-order valence-corrected chi connectivity index (χ0v) is 21.4. The van der Waals surface area contributed by atoms with E-state index in [1.807, 2.05) is 41.5 Å². The van der Waals surface area contributed by atoms with E-state index in [9.17, 15) is 0 Å². The van der Waals surface area contributed by atoms with Crippen LogP contribution in [0.15, 0.2) is 24.3 Å². The lowest BCUT2D eigenvalue weighted by atomic mass is 10.4. The van der Waals surface area contributed by atoms with Gasteiger partial charge in [0.05, 0.1) is 18.1 Å². The monoisotopic (exact) mass is 502 g/mol. The molecule has 36 heavy (non-hydrogen) atoms. The highest BCUT2D eigenvalue weighted by atomic mass is 16.5. The Labute approximate surface area is 209 Å². The number of nitrogens with zero attached hydrogens (tertiary/aromatic N) is 10. The molecule has 196 valence electrons. The van der Waals surface area contributed by atoms with Crippen molar-refractivity contribution < 1.29 is 14.2 Å². The molecule has 0 aliphatic carbocycles. The van der Waals surface area contributed by atoms with Crippen molar-refractivity contribution in [3.05, 3.63) is 35.7 Å². The fourth-order valence-corrected chi connectivity index (χ4v) is 2.58. The molecule has 4 N–H and O–H groups in total. The van der Waals surface area contributed by atoms with Crippen molar-refractivity contribution in [2.24, 2.45) is 11.6 Å². The number of hydrogen-bond donors (Lipinski definition) is 2. The van der Waals surface area contributed by atoms with Gasteiger partial charge in [-0.05, 0) is 41.5 Å². The van der Waals surface area contributed by atoms with Crippen LogP contribution in [-0.4, -0.2) is 62.6 Å². The summed E-state index contributed by atoms with van der Waals surface area (Å²) in [6, 6.07) is 0.376. The first-order valence-corrected chi connectivity index (χ1v) is 11.6. The topological polar surface area (TPSA) is 183 Å². The maximum absolute atomic E-state index is 6.00. The van der Waals surface area contributed by atoms with Crippen molar-refractivity contribution in [2.75, 3.05) is 6.61 Å². The second-order valence-electron chi connectivity index (χ2n) is 8.86. The summed E-state index contributed by atoms with van der Waals surface area (Å²) in [5.74, 6) is 5.88. The van der Waals surface area contributed by atoms with Crippen LogP contribution in [0.1, 0.15) is 65.0 Å². The van der Waals surface area contributed by atoms with Gasteiger partial charge in [0.25, 0.3) is 0 Å². The zero-order valence-electron chi connectivity index (χ0n) is 21.4. The quantitative estimate of drug-likeness (QED) is 0.251. The van der Waals surface area contributed by atoms with Crippen LogP contribution in [0.25, 0.3) is 0 Å². The molecule has 3 rings (SSSR count). The number of aromatic nitrogens is 9. The lowest BCUT2D eigenvalue weighted by Crippen LogP contribution is -2.33. The van der Waals surface area contributed by atoms with Crippen molar-refractivity contribution in [2.45, 2.75) is 72.9 Å². The van der Waals surface area contributed by atoms with E-state index in [1.165, 1.54) is 5.01 Å². The predicted octanol–water partition coefficient (Wildman–Crippen LogP) is 1.14. The first-order chi connectivity index (χ1) is 17.1. The van der Waals surface area contributed by atoms with Gasteiger partial charge in [0.15, 0.2) is 0 Å². The SMILES string of the molecule is CC(C)N(N)/C=C(\N)COc1nc(OCc2cn(C(C)C)nn2)nc(OCc2cn(C(C)C)nn2)n1. The molecule has 15 heteroatoms. The van der Waals surface area contributed by atoms with E-state index in [1.54, 1.807) is 28.0 Å². The largest absolute Gasteiger partial charge is 0.457 e. The summed E-state index contributed by atoms with van der Waals surface area (Å²) >= 11 is 0. The van der Waals surface area contributed by atoms with Gasteiger partial charge < -0.3 is 25.0 Å². The van der Waals surface area contributed by atoms with E-state index in [-0.39, 0.29) is 56.0 Å². The molecule has 0 fully saturated rings. The molecule has 0 bridgehead atoms. The maximum Gasteiger partial charge on any atom is 0.326 e. The number of hydrogen-bond acceptors (Lipinski definition) is 13. The van der Waals surface area contributed by atoms with Crippen molar-refractivity contribution >= 4 is 0 Å². The Bertz CT molecular complexity index is 1070. The smallest absolute Gasteiger partial charge is 0.326 e. The zero-order chi connectivity index (χ0) is 26.2. The molecule has 0 aliphatic heterocycles. The minimum absolute atomic E-state index is 0.00522. The second kappa shape index (κ2) is 12.1. The van der Waals surface area contributed by atoms with Crippen LogP contribution < -0.4 is 25.8 Å². The summed E-state index contributed by atoms with van der Waals surface area (Å²) in [6.07, 6.45) is 5.16. The molecule has 15 nitrogen and oxygen atoms in total. The summed E-state index contributed by atoms with van der Waals surface area (Å²) in [5, 5.41) is 17.8. The summed E-state index contributed by atoms with van der Waals surface area (Å²) in [6.45, 7) is 12.1. The third-order valence-electron chi connectivity index (χ3n) is 4.72. The van der Waals surface area contributed by atoms with E-state index in [0.717, 1.165) is 0 Å². The average molecular weight is 503 g/mol. The highest BCUT2D eigenvalue weighted by molar-refractivity contribution is 5.11. The summed E-state index contributed by atoms with van der Waals surface area (Å²) in [5.41, 5.74) is 7.61. The number of ether oxygens (including phenoxy) is 3. The van der Waals surface area contributed by atoms with Gasteiger partial charge in [0.2, 0.25) is 0 Å². The molecule has 0 radical (unpaired) electrons. The van der Waals surface area contributed by atoms with E-state index in [4.69, 9.17) is 25.8 Å². The van der Waals surface area contributed by atoms with Crippen molar-refractivity contribution in [3.63, 3.8) is 0 Å². The minimum Gasteiger partial charge on any atom is -0.457 e. The average Bonchev–Trinajstić information content (AvgIpc) is 3.50. The lowest BCUT2D eigenvalue weighted by molar-refractivity contribution is 0.228. The first-order valence-electron chi connectivity index (χ1n) is 11.6. The van der Waals surface area contributed by atoms with Crippen LogP contribution in [0.5, 0.6) is 18.0 Å². The van der Waals surface area contributed by atoms with Gasteiger partial charge in [-0.1, -0.05) is 10.4 Å². The maximum atomic E-state index is 6.00. The normalized spacial score (nSPS) is 12.0. The van der Waals surface area contributed by atoms with E-state index < -0.39 is 0 Å². The Morgan fingerprint density at radius 3 is 1.67 bits per heavy atom. The van der Waals surface area contributed by atoms with Gasteiger partial charge in [-0.25, -0.2) is 15.2 Å². The number of nitrogens with two attached hydrogens (primary N) is 2. The standard InChI is InChI=1S/C21H34N12O3/c1-13(2)31(23)7-16(22)10-34-19-24-20(35-11-17-8-32(14(3)4)29-27-17)26-21(25-19)36-12-18-9-33(15(5)6)30-28-18/h7-9,13-15H,10-12,22-23H2,1-6H3/b16-7-. The Morgan fingerprint density at radius 2 is 1.28 bits per heavy atom. The van der Waals surface area contributed by atoms with Gasteiger partial charge in [0, 0.05) is 24.3 Å². The number of hydrazine groups is 1. The van der Waals surface area contributed by atoms with Gasteiger partial charge in [-0.2, -0.15) is 0 Å². The molecule has 3 aromatic rings. The highest BCUT2D eigenvalue weighted by Crippen LogP contribution is 2.17. The molecule has 3 aromatic heterocycles. The summed E-state index contributed by atoms with van der Waals surface area (Å²) < 4.78 is 20.5. The Hall–Kier alpha value is -4.01. The van der Waals surface area contributed by atoms with Crippen LogP contribution in [0.2, 0.25) is 0 Å². The van der Waals surface area contributed by atoms with Crippen LogP contribution in [0, 0.1) is 0 Å². The van der Waals surface area contributed by atoms with Crippen molar-refractivity contribution in [1.82, 2.24) is 49.9 Å². The Balaban J connectivity index is 1.72. The third-order valence-corrected chi connectivity index (χ3v) is 4.72. The van der Waals surface area contributed by atoms with Gasteiger partial charge in [-0.15, -0.1) is 25.1 Å². The lowest BCUT2D eigenvalue weighted by Gasteiger charge is -2.19. The molecule has 0 spiro atoms. The molecular weight excluding hydrogens is 468 g/mol. The minimum atomic E-state index is -0.0314. The van der Waals surface area contributed by atoms with E-state index in [2.05, 4.69) is 35.6 Å². The summed E-state index contributed by atoms with van der Waals surface area (Å²) in [7, 11) is 0.